The molecule has 1 aliphatic heterocycles. The zero-order valence-corrected chi connectivity index (χ0v) is 15.3. The third kappa shape index (κ3) is 3.95. The quantitative estimate of drug-likeness (QED) is 0.817. The van der Waals surface area contributed by atoms with E-state index in [-0.39, 0.29) is 43.4 Å². The lowest BCUT2D eigenvalue weighted by molar-refractivity contribution is -0.126. The summed E-state index contributed by atoms with van der Waals surface area (Å²) in [4.78, 5) is 38.0. The Balaban J connectivity index is 1.33. The third-order valence-corrected chi connectivity index (χ3v) is 5.12. The van der Waals surface area contributed by atoms with Crippen LogP contribution in [0.4, 0.5) is 10.1 Å². The summed E-state index contributed by atoms with van der Waals surface area (Å²) in [7, 11) is 0. The van der Waals surface area contributed by atoms with Gasteiger partial charge in [0.05, 0.1) is 18.2 Å². The van der Waals surface area contributed by atoms with E-state index in [0.29, 0.717) is 11.6 Å². The summed E-state index contributed by atoms with van der Waals surface area (Å²) in [5.74, 6) is -0.943. The third-order valence-electron chi connectivity index (χ3n) is 5.12. The molecular weight excluding hydrogens is 363 g/mol. The molecule has 0 spiro atoms. The molecule has 28 heavy (non-hydrogen) atoms. The van der Waals surface area contributed by atoms with Crippen molar-refractivity contribution in [2.24, 2.45) is 5.92 Å². The average Bonchev–Trinajstić information content (AvgIpc) is 3.45. The largest absolute Gasteiger partial charge is 0.354 e. The van der Waals surface area contributed by atoms with Crippen LogP contribution in [0.5, 0.6) is 0 Å². The van der Waals surface area contributed by atoms with Gasteiger partial charge in [0.2, 0.25) is 11.8 Å². The van der Waals surface area contributed by atoms with Crippen molar-refractivity contribution in [2.75, 3.05) is 18.0 Å². The molecule has 0 bridgehead atoms. The van der Waals surface area contributed by atoms with Crippen LogP contribution in [0.3, 0.4) is 0 Å². The molecule has 2 heterocycles. The Hall–Kier alpha value is -3.03. The molecule has 1 N–H and O–H groups in total. The number of hydrogen-bond acceptors (Lipinski definition) is 4. The molecular formula is C20H21FN4O3. The maximum absolute atomic E-state index is 13.4. The van der Waals surface area contributed by atoms with Crippen LogP contribution in [0.15, 0.2) is 41.2 Å². The summed E-state index contributed by atoms with van der Waals surface area (Å²) in [5, 5.41) is 7.13. The maximum atomic E-state index is 13.4. The minimum absolute atomic E-state index is 0.0811. The van der Waals surface area contributed by atoms with Crippen molar-refractivity contribution in [1.29, 1.82) is 0 Å². The summed E-state index contributed by atoms with van der Waals surface area (Å²) in [6.07, 6.45) is 2.27. The number of aromatic nitrogens is 2. The van der Waals surface area contributed by atoms with Gasteiger partial charge >= 0.3 is 0 Å². The van der Waals surface area contributed by atoms with Gasteiger partial charge in [0.1, 0.15) is 5.82 Å². The first-order chi connectivity index (χ1) is 13.5. The molecule has 0 radical (unpaired) electrons. The Kier molecular flexibility index (Phi) is 4.93. The Morgan fingerprint density at radius 2 is 2.04 bits per heavy atom. The Morgan fingerprint density at radius 3 is 2.79 bits per heavy atom. The van der Waals surface area contributed by atoms with Gasteiger partial charge in [0.25, 0.3) is 5.56 Å². The van der Waals surface area contributed by atoms with Gasteiger partial charge in [-0.25, -0.2) is 9.07 Å². The van der Waals surface area contributed by atoms with E-state index in [2.05, 4.69) is 10.4 Å². The lowest BCUT2D eigenvalue weighted by Gasteiger charge is -2.16. The first-order valence-electron chi connectivity index (χ1n) is 9.43. The minimum Gasteiger partial charge on any atom is -0.354 e. The van der Waals surface area contributed by atoms with E-state index in [1.165, 1.54) is 33.8 Å². The Morgan fingerprint density at radius 1 is 1.21 bits per heavy atom. The number of benzene rings is 1. The molecule has 146 valence electrons. The van der Waals surface area contributed by atoms with Gasteiger partial charge in [0, 0.05) is 37.2 Å². The van der Waals surface area contributed by atoms with Crippen molar-refractivity contribution in [1.82, 2.24) is 15.1 Å². The number of nitrogens with one attached hydrogen (secondary N) is 1. The lowest BCUT2D eigenvalue weighted by Crippen LogP contribution is -2.36. The number of carbonyl (C=O) groups excluding carboxylic acids is 2. The standard InChI is InChI=1S/C20H21FN4O3/c21-15-2-1-3-16(11-15)24-12-14(10-19(24)27)20(28)22-8-9-25-18(26)7-6-17(23-25)13-4-5-13/h1-3,6-7,11,13-14H,4-5,8-10,12H2,(H,22,28)/t14-/m1/s1. The number of amides is 2. The highest BCUT2D eigenvalue weighted by molar-refractivity contribution is 6.00. The second kappa shape index (κ2) is 7.53. The number of rotatable bonds is 6. The molecule has 1 aromatic carbocycles. The van der Waals surface area contributed by atoms with Crippen LogP contribution in [0.2, 0.25) is 0 Å². The molecule has 4 rings (SSSR count). The minimum atomic E-state index is -0.502. The van der Waals surface area contributed by atoms with E-state index >= 15 is 0 Å². The molecule has 2 fully saturated rings. The van der Waals surface area contributed by atoms with Gasteiger partial charge in [0.15, 0.2) is 0 Å². The highest BCUT2D eigenvalue weighted by atomic mass is 19.1. The van der Waals surface area contributed by atoms with Gasteiger partial charge in [-0.2, -0.15) is 5.10 Å². The Bertz CT molecular complexity index is 970. The average molecular weight is 384 g/mol. The van der Waals surface area contributed by atoms with Crippen molar-refractivity contribution >= 4 is 17.5 Å². The molecule has 2 aromatic rings. The summed E-state index contributed by atoms with van der Waals surface area (Å²) >= 11 is 0. The molecule has 0 unspecified atom stereocenters. The van der Waals surface area contributed by atoms with E-state index in [1.807, 2.05) is 0 Å². The molecule has 1 saturated heterocycles. The topological polar surface area (TPSA) is 84.3 Å². The second-order valence-corrected chi connectivity index (χ2v) is 7.27. The highest BCUT2D eigenvalue weighted by Gasteiger charge is 2.35. The van der Waals surface area contributed by atoms with Crippen LogP contribution in [0, 0.1) is 11.7 Å². The molecule has 2 aliphatic rings. The van der Waals surface area contributed by atoms with Gasteiger partial charge in [-0.05, 0) is 37.1 Å². The van der Waals surface area contributed by atoms with Gasteiger partial charge in [-0.3, -0.25) is 14.4 Å². The fourth-order valence-corrected chi connectivity index (χ4v) is 3.43. The molecule has 1 atom stereocenters. The van der Waals surface area contributed by atoms with E-state index in [1.54, 1.807) is 12.1 Å². The molecule has 2 amide bonds. The second-order valence-electron chi connectivity index (χ2n) is 7.27. The van der Waals surface area contributed by atoms with Crippen molar-refractivity contribution in [2.45, 2.75) is 31.7 Å². The molecule has 7 nitrogen and oxygen atoms in total. The predicted molar refractivity (Wildman–Crippen MR) is 100 cm³/mol. The fraction of sp³-hybridized carbons (Fsp3) is 0.400. The first-order valence-corrected chi connectivity index (χ1v) is 9.43. The highest BCUT2D eigenvalue weighted by Crippen LogP contribution is 2.38. The zero-order chi connectivity index (χ0) is 19.7. The summed E-state index contributed by atoms with van der Waals surface area (Å²) in [5.41, 5.74) is 1.16. The summed E-state index contributed by atoms with van der Waals surface area (Å²) < 4.78 is 14.8. The van der Waals surface area contributed by atoms with Crippen LogP contribution < -0.4 is 15.8 Å². The summed E-state index contributed by atoms with van der Waals surface area (Å²) in [6, 6.07) is 9.04. The molecule has 1 aliphatic carbocycles. The van der Waals surface area contributed by atoms with Crippen molar-refractivity contribution in [3.8, 4) is 0 Å². The van der Waals surface area contributed by atoms with Crippen LogP contribution >= 0.6 is 0 Å². The molecule has 8 heteroatoms. The van der Waals surface area contributed by atoms with Crippen LogP contribution in [-0.2, 0) is 16.1 Å². The normalized spacial score (nSPS) is 19.1. The van der Waals surface area contributed by atoms with Gasteiger partial charge < -0.3 is 10.2 Å². The van der Waals surface area contributed by atoms with Gasteiger partial charge in [-0.15, -0.1) is 0 Å². The maximum Gasteiger partial charge on any atom is 0.266 e. The number of hydrogen-bond donors (Lipinski definition) is 1. The van der Waals surface area contributed by atoms with Crippen molar-refractivity contribution in [3.63, 3.8) is 0 Å². The number of nitrogens with zero attached hydrogens (tertiary/aromatic N) is 3. The molecule has 1 saturated carbocycles. The number of anilines is 1. The SMILES string of the molecule is O=C(NCCn1nc(C2CC2)ccc1=O)[C@@H]1CC(=O)N(c2cccc(F)c2)C1. The van der Waals surface area contributed by atoms with E-state index < -0.39 is 11.7 Å². The number of carbonyl (C=O) groups is 2. The predicted octanol–water partition coefficient (Wildman–Crippen LogP) is 1.43. The van der Waals surface area contributed by atoms with Crippen molar-refractivity contribution < 1.29 is 14.0 Å². The lowest BCUT2D eigenvalue weighted by atomic mass is 10.1. The van der Waals surface area contributed by atoms with E-state index in [0.717, 1.165) is 18.5 Å². The van der Waals surface area contributed by atoms with Crippen LogP contribution in [0.1, 0.15) is 30.9 Å². The molecule has 1 aromatic heterocycles. The van der Waals surface area contributed by atoms with Crippen molar-refractivity contribution in [3.05, 3.63) is 58.3 Å². The van der Waals surface area contributed by atoms with E-state index in [9.17, 15) is 18.8 Å². The monoisotopic (exact) mass is 384 g/mol. The zero-order valence-electron chi connectivity index (χ0n) is 15.3. The van der Waals surface area contributed by atoms with Crippen LogP contribution in [-0.4, -0.2) is 34.7 Å². The fourth-order valence-electron chi connectivity index (χ4n) is 3.43. The van der Waals surface area contributed by atoms with Gasteiger partial charge in [-0.1, -0.05) is 6.07 Å². The smallest absolute Gasteiger partial charge is 0.266 e. The van der Waals surface area contributed by atoms with Crippen LogP contribution in [0.25, 0.3) is 0 Å². The van der Waals surface area contributed by atoms with E-state index in [4.69, 9.17) is 0 Å². The summed E-state index contributed by atoms with van der Waals surface area (Å²) in [6.45, 7) is 0.743. The Labute approximate surface area is 161 Å². The first kappa shape index (κ1) is 18.3. The number of halogens is 1.